The van der Waals surface area contributed by atoms with E-state index >= 15 is 0 Å². The first-order valence-electron chi connectivity index (χ1n) is 14.9. The molecule has 5 rings (SSSR count). The predicted molar refractivity (Wildman–Crippen MR) is 170 cm³/mol. The summed E-state index contributed by atoms with van der Waals surface area (Å²) in [6.45, 7) is 7.33. The fourth-order valence-electron chi connectivity index (χ4n) is 5.94. The lowest BCUT2D eigenvalue weighted by atomic mass is 9.98. The minimum atomic E-state index is -2.90. The zero-order valence-electron chi connectivity index (χ0n) is 25.1. The van der Waals surface area contributed by atoms with E-state index in [1.165, 1.54) is 0 Å². The largest absolute Gasteiger partial charge is 0.405 e. The van der Waals surface area contributed by atoms with E-state index in [2.05, 4.69) is 45.0 Å². The highest BCUT2D eigenvalue weighted by molar-refractivity contribution is 6.99. The lowest BCUT2D eigenvalue weighted by Gasteiger charge is -2.46. The summed E-state index contributed by atoms with van der Waals surface area (Å²) in [6.07, 6.45) is -5.01. The van der Waals surface area contributed by atoms with Gasteiger partial charge in [0.05, 0.1) is 19.8 Å². The number of ether oxygens (including phenoxy) is 3. The first-order valence-corrected chi connectivity index (χ1v) is 16.8. The lowest BCUT2D eigenvalue weighted by Crippen LogP contribution is -2.68. The first kappa shape index (κ1) is 31.3. The molecule has 0 bridgehead atoms. The van der Waals surface area contributed by atoms with Crippen LogP contribution in [-0.4, -0.2) is 55.8 Å². The highest BCUT2D eigenvalue weighted by atomic mass is 28.4. The summed E-state index contributed by atoms with van der Waals surface area (Å²) >= 11 is 0. The molecule has 0 saturated carbocycles. The van der Waals surface area contributed by atoms with Crippen molar-refractivity contribution in [3.8, 4) is 0 Å². The fraction of sp³-hybridized carbons (Fsp3) is 0.333. The molecule has 0 aliphatic carbocycles. The second kappa shape index (κ2) is 14.1. The van der Waals surface area contributed by atoms with Gasteiger partial charge in [-0.1, -0.05) is 142 Å². The summed E-state index contributed by atoms with van der Waals surface area (Å²) in [4.78, 5) is 0. The highest BCUT2D eigenvalue weighted by Gasteiger charge is 2.52. The minimum absolute atomic E-state index is 0.141. The van der Waals surface area contributed by atoms with Gasteiger partial charge in [0.15, 0.2) is 6.29 Å². The molecule has 226 valence electrons. The Morgan fingerprint density at radius 1 is 0.628 bits per heavy atom. The highest BCUT2D eigenvalue weighted by Crippen LogP contribution is 2.38. The molecule has 5 atom stereocenters. The molecule has 7 heteroatoms. The molecular weight excluding hydrogens is 556 g/mol. The normalized spacial score (nSPS) is 22.8. The molecule has 4 aromatic rings. The maximum absolute atomic E-state index is 11.1. The number of benzene rings is 4. The Kier molecular flexibility index (Phi) is 10.3. The third kappa shape index (κ3) is 7.16. The van der Waals surface area contributed by atoms with Crippen LogP contribution in [0.1, 0.15) is 31.9 Å². The van der Waals surface area contributed by atoms with Gasteiger partial charge >= 0.3 is 0 Å². The molecular formula is C36H42O6Si. The van der Waals surface area contributed by atoms with Crippen LogP contribution in [0.3, 0.4) is 0 Å². The topological polar surface area (TPSA) is 77.4 Å². The second-order valence-corrected chi connectivity index (χ2v) is 16.4. The summed E-state index contributed by atoms with van der Waals surface area (Å²) in [5.74, 6) is 0. The van der Waals surface area contributed by atoms with Crippen molar-refractivity contribution in [3.63, 3.8) is 0 Å². The predicted octanol–water partition coefficient (Wildman–Crippen LogP) is 4.81. The molecule has 1 heterocycles. The number of hydrogen-bond donors (Lipinski definition) is 2. The van der Waals surface area contributed by atoms with Crippen LogP contribution in [0.2, 0.25) is 5.04 Å². The smallest absolute Gasteiger partial charge is 0.261 e. The Hall–Kier alpha value is -3.14. The molecule has 0 unspecified atom stereocenters. The van der Waals surface area contributed by atoms with Crippen LogP contribution in [0.5, 0.6) is 0 Å². The van der Waals surface area contributed by atoms with Crippen LogP contribution < -0.4 is 10.4 Å². The molecule has 4 aromatic carbocycles. The van der Waals surface area contributed by atoms with E-state index < -0.39 is 39.0 Å². The molecule has 0 radical (unpaired) electrons. The minimum Gasteiger partial charge on any atom is -0.405 e. The van der Waals surface area contributed by atoms with Gasteiger partial charge in [-0.15, -0.1) is 0 Å². The van der Waals surface area contributed by atoms with Crippen molar-refractivity contribution in [1.29, 1.82) is 0 Å². The van der Waals surface area contributed by atoms with Gasteiger partial charge in [-0.25, -0.2) is 0 Å². The zero-order chi connectivity index (χ0) is 30.3. The molecule has 1 aliphatic heterocycles. The van der Waals surface area contributed by atoms with Gasteiger partial charge in [0, 0.05) is 0 Å². The SMILES string of the molecule is CC(C)(C)[Si](OC[C@H]1O[C@@H](O)[C@H](O)[C@@H](OCc2ccccc2)[C@@H]1OCc1ccccc1)(c1ccccc1)c1ccccc1. The maximum atomic E-state index is 11.1. The van der Waals surface area contributed by atoms with Crippen molar-refractivity contribution in [3.05, 3.63) is 132 Å². The van der Waals surface area contributed by atoms with Crippen LogP contribution >= 0.6 is 0 Å². The van der Waals surface area contributed by atoms with Crippen molar-refractivity contribution in [2.75, 3.05) is 6.61 Å². The summed E-state index contributed by atoms with van der Waals surface area (Å²) in [7, 11) is -2.90. The van der Waals surface area contributed by atoms with Gasteiger partial charge in [0.1, 0.15) is 24.4 Å². The van der Waals surface area contributed by atoms with Gasteiger partial charge in [-0.05, 0) is 26.5 Å². The number of hydrogen-bond acceptors (Lipinski definition) is 6. The molecule has 43 heavy (non-hydrogen) atoms. The number of rotatable bonds is 11. The molecule has 0 spiro atoms. The van der Waals surface area contributed by atoms with Gasteiger partial charge < -0.3 is 28.8 Å². The average Bonchev–Trinajstić information content (AvgIpc) is 3.03. The van der Waals surface area contributed by atoms with Crippen LogP contribution in [-0.2, 0) is 31.9 Å². The summed E-state index contributed by atoms with van der Waals surface area (Å²) in [5, 5.41) is 24.0. The quantitative estimate of drug-likeness (QED) is 0.241. The van der Waals surface area contributed by atoms with Crippen LogP contribution in [0.15, 0.2) is 121 Å². The molecule has 2 N–H and O–H groups in total. The van der Waals surface area contributed by atoms with Gasteiger partial charge in [0.2, 0.25) is 0 Å². The molecule has 0 aromatic heterocycles. The lowest BCUT2D eigenvalue weighted by molar-refractivity contribution is -0.304. The fourth-order valence-corrected chi connectivity index (χ4v) is 10.5. The van der Waals surface area contributed by atoms with E-state index in [1.54, 1.807) is 0 Å². The zero-order valence-corrected chi connectivity index (χ0v) is 26.1. The van der Waals surface area contributed by atoms with E-state index in [9.17, 15) is 10.2 Å². The van der Waals surface area contributed by atoms with Crippen LogP contribution in [0, 0.1) is 0 Å². The maximum Gasteiger partial charge on any atom is 0.261 e. The number of aliphatic hydroxyl groups excluding tert-OH is 2. The monoisotopic (exact) mass is 598 g/mol. The standard InChI is InChI=1S/C36H42O6Si/c1-36(2,3)43(29-20-12-6-13-21-29,30-22-14-7-15-23-30)41-26-31-33(39-24-27-16-8-4-9-17-27)34(32(37)35(38)42-31)40-25-28-18-10-5-11-19-28/h4-23,31-35,37-38H,24-26H2,1-3H3/t31-,32-,33-,34-,35-/m1/s1. The van der Waals surface area contributed by atoms with Crippen molar-refractivity contribution < 1.29 is 28.8 Å². The number of aliphatic hydroxyl groups is 2. The molecule has 1 saturated heterocycles. The van der Waals surface area contributed by atoms with Crippen molar-refractivity contribution >= 4 is 18.7 Å². The Morgan fingerprint density at radius 2 is 1.05 bits per heavy atom. The van der Waals surface area contributed by atoms with Gasteiger partial charge in [-0.2, -0.15) is 0 Å². The van der Waals surface area contributed by atoms with Crippen molar-refractivity contribution in [2.24, 2.45) is 0 Å². The van der Waals surface area contributed by atoms with Crippen LogP contribution in [0.4, 0.5) is 0 Å². The first-order chi connectivity index (χ1) is 20.8. The van der Waals surface area contributed by atoms with Crippen LogP contribution in [0.25, 0.3) is 0 Å². The van der Waals surface area contributed by atoms with E-state index in [1.807, 2.05) is 97.1 Å². The Labute approximate surface area is 256 Å². The molecule has 0 amide bonds. The van der Waals surface area contributed by atoms with E-state index in [-0.39, 0.29) is 18.3 Å². The van der Waals surface area contributed by atoms with Crippen molar-refractivity contribution in [1.82, 2.24) is 0 Å². The molecule has 1 aliphatic rings. The summed E-state index contributed by atoms with van der Waals surface area (Å²) < 4.78 is 26.0. The van der Waals surface area contributed by atoms with Gasteiger partial charge in [-0.3, -0.25) is 0 Å². The Bertz CT molecular complexity index is 1340. The van der Waals surface area contributed by atoms with Gasteiger partial charge in [0.25, 0.3) is 8.32 Å². The average molecular weight is 599 g/mol. The molecule has 6 nitrogen and oxygen atoms in total. The third-order valence-electron chi connectivity index (χ3n) is 8.08. The molecule has 1 fully saturated rings. The summed E-state index contributed by atoms with van der Waals surface area (Å²) in [6, 6.07) is 40.4. The second-order valence-electron chi connectivity index (χ2n) is 12.1. The third-order valence-corrected chi connectivity index (χ3v) is 13.1. The Balaban J connectivity index is 1.48. The van der Waals surface area contributed by atoms with Crippen molar-refractivity contribution in [2.45, 2.75) is 69.7 Å². The van der Waals surface area contributed by atoms with E-state index in [0.717, 1.165) is 21.5 Å². The van der Waals surface area contributed by atoms with E-state index in [0.29, 0.717) is 6.61 Å². The van der Waals surface area contributed by atoms with E-state index in [4.69, 9.17) is 18.6 Å². The Morgan fingerprint density at radius 3 is 1.49 bits per heavy atom. The summed E-state index contributed by atoms with van der Waals surface area (Å²) in [5.41, 5.74) is 1.94.